The zero-order valence-corrected chi connectivity index (χ0v) is 16.9. The summed E-state index contributed by atoms with van der Waals surface area (Å²) in [5.74, 6) is 0.806. The van der Waals surface area contributed by atoms with E-state index in [0.29, 0.717) is 0 Å². The Balaban J connectivity index is 1.36. The highest BCUT2D eigenvalue weighted by molar-refractivity contribution is 5.86. The third-order valence-corrected chi connectivity index (χ3v) is 6.44. The highest BCUT2D eigenvalue weighted by Gasteiger charge is 2.25. The van der Waals surface area contributed by atoms with E-state index in [1.807, 2.05) is 12.3 Å². The Morgan fingerprint density at radius 2 is 1.72 bits per heavy atom. The van der Waals surface area contributed by atoms with E-state index in [1.54, 1.807) is 5.56 Å². The molecule has 0 saturated heterocycles. The van der Waals surface area contributed by atoms with E-state index in [1.165, 1.54) is 60.7 Å². The Bertz CT molecular complexity index is 1080. The average molecular weight is 381 g/mol. The van der Waals surface area contributed by atoms with Crippen LogP contribution in [0.15, 0.2) is 79.0 Å². The standard InChI is InChI=1S/C27H28N2/c1-2-9-21(10-3-1)11-8-12-22-16-17-27-25(19-22)24-14-4-5-15-26(24)29(27)20-23-13-6-7-18-28-23/h1-7,9-10,13-15,18,22H,8,11-12,16-17,19-20H2. The second kappa shape index (κ2) is 8.24. The van der Waals surface area contributed by atoms with Gasteiger partial charge in [-0.1, -0.05) is 54.6 Å². The Morgan fingerprint density at radius 3 is 2.59 bits per heavy atom. The summed E-state index contributed by atoms with van der Waals surface area (Å²) in [4.78, 5) is 4.57. The number of aryl methyl sites for hydroxylation is 1. The van der Waals surface area contributed by atoms with Crippen molar-refractivity contribution < 1.29 is 0 Å². The molecule has 29 heavy (non-hydrogen) atoms. The molecule has 0 saturated carbocycles. The van der Waals surface area contributed by atoms with Crippen LogP contribution >= 0.6 is 0 Å². The fraction of sp³-hybridized carbons (Fsp3) is 0.296. The van der Waals surface area contributed by atoms with E-state index >= 15 is 0 Å². The number of nitrogens with zero attached hydrogens (tertiary/aromatic N) is 2. The SMILES string of the molecule is c1ccc(CCCC2CCc3c(c4ccccc4n3Cc3ccccn3)C2)cc1. The van der Waals surface area contributed by atoms with Gasteiger partial charge in [-0.3, -0.25) is 4.98 Å². The summed E-state index contributed by atoms with van der Waals surface area (Å²) in [6.07, 6.45) is 9.43. The van der Waals surface area contributed by atoms with Gasteiger partial charge in [0.1, 0.15) is 0 Å². The van der Waals surface area contributed by atoms with Crippen LogP contribution in [0.3, 0.4) is 0 Å². The molecule has 1 atom stereocenters. The van der Waals surface area contributed by atoms with Crippen LogP contribution in [0.4, 0.5) is 0 Å². The van der Waals surface area contributed by atoms with Crippen molar-refractivity contribution in [2.45, 2.75) is 45.1 Å². The van der Waals surface area contributed by atoms with E-state index in [9.17, 15) is 0 Å². The Morgan fingerprint density at radius 1 is 0.897 bits per heavy atom. The molecule has 0 amide bonds. The van der Waals surface area contributed by atoms with Crippen molar-refractivity contribution in [3.63, 3.8) is 0 Å². The summed E-state index contributed by atoms with van der Waals surface area (Å²) >= 11 is 0. The molecule has 0 aliphatic heterocycles. The molecule has 1 aliphatic carbocycles. The molecule has 1 unspecified atom stereocenters. The van der Waals surface area contributed by atoms with Crippen LogP contribution in [-0.4, -0.2) is 9.55 Å². The van der Waals surface area contributed by atoms with Crippen LogP contribution in [0.2, 0.25) is 0 Å². The van der Waals surface area contributed by atoms with Crippen molar-refractivity contribution in [2.24, 2.45) is 5.92 Å². The van der Waals surface area contributed by atoms with Crippen molar-refractivity contribution in [2.75, 3.05) is 0 Å². The summed E-state index contributed by atoms with van der Waals surface area (Å²) in [6, 6.07) is 26.1. The van der Waals surface area contributed by atoms with Gasteiger partial charge in [0.15, 0.2) is 0 Å². The molecule has 2 heterocycles. The van der Waals surface area contributed by atoms with Gasteiger partial charge in [-0.05, 0) is 73.8 Å². The average Bonchev–Trinajstić information content (AvgIpc) is 3.09. The third kappa shape index (κ3) is 3.85. The van der Waals surface area contributed by atoms with Gasteiger partial charge < -0.3 is 4.57 Å². The lowest BCUT2D eigenvalue weighted by molar-refractivity contribution is 0.409. The molecule has 0 spiro atoms. The minimum atomic E-state index is 0.806. The van der Waals surface area contributed by atoms with Crippen LogP contribution in [0.25, 0.3) is 10.9 Å². The smallest absolute Gasteiger partial charge is 0.0651 e. The second-order valence-electron chi connectivity index (χ2n) is 8.34. The molecule has 2 nitrogen and oxygen atoms in total. The first-order valence-electron chi connectivity index (χ1n) is 10.9. The number of para-hydroxylation sites is 1. The van der Waals surface area contributed by atoms with Crippen LogP contribution in [0.5, 0.6) is 0 Å². The summed E-state index contributed by atoms with van der Waals surface area (Å²) in [7, 11) is 0. The van der Waals surface area contributed by atoms with Crippen LogP contribution in [0.1, 0.15) is 41.8 Å². The summed E-state index contributed by atoms with van der Waals surface area (Å²) in [6.45, 7) is 0.870. The lowest BCUT2D eigenvalue weighted by atomic mass is 9.83. The molecule has 2 aromatic heterocycles. The van der Waals surface area contributed by atoms with Crippen molar-refractivity contribution >= 4 is 10.9 Å². The Kier molecular flexibility index (Phi) is 5.17. The van der Waals surface area contributed by atoms with E-state index in [0.717, 1.165) is 18.2 Å². The molecular weight excluding hydrogens is 352 g/mol. The summed E-state index contributed by atoms with van der Waals surface area (Å²) < 4.78 is 2.52. The van der Waals surface area contributed by atoms with Crippen molar-refractivity contribution in [3.05, 3.63) is 102 Å². The Hall–Kier alpha value is -2.87. The molecule has 2 heteroatoms. The molecule has 1 aliphatic rings. The van der Waals surface area contributed by atoms with Gasteiger partial charge in [0.05, 0.1) is 12.2 Å². The maximum Gasteiger partial charge on any atom is 0.0651 e. The number of pyridine rings is 1. The third-order valence-electron chi connectivity index (χ3n) is 6.44. The van der Waals surface area contributed by atoms with Gasteiger partial charge in [-0.15, -0.1) is 0 Å². The van der Waals surface area contributed by atoms with Gasteiger partial charge in [0, 0.05) is 22.8 Å². The van der Waals surface area contributed by atoms with Gasteiger partial charge in [-0.25, -0.2) is 0 Å². The highest BCUT2D eigenvalue weighted by atomic mass is 15.0. The fourth-order valence-corrected chi connectivity index (χ4v) is 4.99. The first-order chi connectivity index (χ1) is 14.4. The fourth-order valence-electron chi connectivity index (χ4n) is 4.99. The number of fused-ring (bicyclic) bond motifs is 3. The van der Waals surface area contributed by atoms with Gasteiger partial charge in [0.25, 0.3) is 0 Å². The summed E-state index contributed by atoms with van der Waals surface area (Å²) in [5.41, 5.74) is 7.11. The maximum absolute atomic E-state index is 4.57. The van der Waals surface area contributed by atoms with Gasteiger partial charge >= 0.3 is 0 Å². The van der Waals surface area contributed by atoms with Crippen molar-refractivity contribution in [1.29, 1.82) is 0 Å². The molecular formula is C27H28N2. The molecule has 2 aromatic carbocycles. The molecule has 0 fully saturated rings. The monoisotopic (exact) mass is 380 g/mol. The van der Waals surface area contributed by atoms with Crippen LogP contribution < -0.4 is 0 Å². The summed E-state index contributed by atoms with van der Waals surface area (Å²) in [5, 5.41) is 1.45. The molecule has 0 bridgehead atoms. The molecule has 0 radical (unpaired) electrons. The minimum absolute atomic E-state index is 0.806. The quantitative estimate of drug-likeness (QED) is 0.389. The topological polar surface area (TPSA) is 17.8 Å². The largest absolute Gasteiger partial charge is 0.338 e. The predicted molar refractivity (Wildman–Crippen MR) is 120 cm³/mol. The normalized spacial score (nSPS) is 16.1. The molecule has 4 aromatic rings. The van der Waals surface area contributed by atoms with Crippen molar-refractivity contribution in [1.82, 2.24) is 9.55 Å². The number of rotatable bonds is 6. The van der Waals surface area contributed by atoms with Gasteiger partial charge in [-0.2, -0.15) is 0 Å². The van der Waals surface area contributed by atoms with E-state index < -0.39 is 0 Å². The van der Waals surface area contributed by atoms with Gasteiger partial charge in [0.2, 0.25) is 0 Å². The lowest BCUT2D eigenvalue weighted by Crippen LogP contribution is -2.17. The van der Waals surface area contributed by atoms with Crippen LogP contribution in [0, 0.1) is 5.92 Å². The van der Waals surface area contributed by atoms with Crippen molar-refractivity contribution in [3.8, 4) is 0 Å². The van der Waals surface area contributed by atoms with E-state index in [2.05, 4.69) is 76.3 Å². The first-order valence-corrected chi connectivity index (χ1v) is 10.9. The number of hydrogen-bond donors (Lipinski definition) is 0. The molecule has 0 N–H and O–H groups in total. The van der Waals surface area contributed by atoms with Crippen LogP contribution in [-0.2, 0) is 25.8 Å². The lowest BCUT2D eigenvalue weighted by Gasteiger charge is -2.24. The first kappa shape index (κ1) is 18.2. The maximum atomic E-state index is 4.57. The zero-order chi connectivity index (χ0) is 19.5. The number of benzene rings is 2. The Labute approximate surface area is 173 Å². The molecule has 146 valence electrons. The highest BCUT2D eigenvalue weighted by Crippen LogP contribution is 2.36. The van der Waals surface area contributed by atoms with E-state index in [4.69, 9.17) is 0 Å². The zero-order valence-electron chi connectivity index (χ0n) is 16.9. The van der Waals surface area contributed by atoms with E-state index in [-0.39, 0.29) is 0 Å². The molecule has 5 rings (SSSR count). The number of aromatic nitrogens is 2. The second-order valence-corrected chi connectivity index (χ2v) is 8.34. The predicted octanol–water partition coefficient (Wildman–Crippen LogP) is 6.21. The number of hydrogen-bond acceptors (Lipinski definition) is 1. The minimum Gasteiger partial charge on any atom is -0.338 e.